The third kappa shape index (κ3) is 2.14. The van der Waals surface area contributed by atoms with Gasteiger partial charge in [0.15, 0.2) is 0 Å². The molecule has 0 aliphatic carbocycles. The van der Waals surface area contributed by atoms with Crippen molar-refractivity contribution in [3.05, 3.63) is 18.1 Å². The summed E-state index contributed by atoms with van der Waals surface area (Å²) >= 11 is 3.74. The van der Waals surface area contributed by atoms with Gasteiger partial charge in [-0.2, -0.15) is 0 Å². The second-order valence-electron chi connectivity index (χ2n) is 4.05. The maximum atomic E-state index is 4.41. The molecule has 0 bridgehead atoms. The van der Waals surface area contributed by atoms with Crippen LogP contribution < -0.4 is 4.90 Å². The molecule has 1 saturated heterocycles. The van der Waals surface area contributed by atoms with Crippen molar-refractivity contribution in [2.24, 2.45) is 5.92 Å². The highest BCUT2D eigenvalue weighted by atomic mass is 79.9. The molecule has 1 aromatic rings. The maximum Gasteiger partial charge on any atom is 0.150 e. The third-order valence-corrected chi connectivity index (χ3v) is 4.08. The summed E-state index contributed by atoms with van der Waals surface area (Å²) in [6, 6.07) is 0. The van der Waals surface area contributed by atoms with E-state index in [-0.39, 0.29) is 0 Å². The lowest BCUT2D eigenvalue weighted by Crippen LogP contribution is -2.22. The van der Waals surface area contributed by atoms with Crippen LogP contribution in [-0.4, -0.2) is 27.9 Å². The Bertz CT molecular complexity index is 342. The second-order valence-corrected chi connectivity index (χ2v) is 5.23. The molecule has 4 heteroatoms. The summed E-state index contributed by atoms with van der Waals surface area (Å²) in [5, 5.41) is 0. The van der Waals surface area contributed by atoms with Crippen LogP contribution in [0.15, 0.2) is 12.4 Å². The number of hydrogen-bond acceptors (Lipinski definition) is 3. The highest BCUT2D eigenvalue weighted by Crippen LogP contribution is 2.29. The highest BCUT2D eigenvalue weighted by molar-refractivity contribution is 9.09. The van der Waals surface area contributed by atoms with Crippen molar-refractivity contribution in [2.45, 2.75) is 25.1 Å². The summed E-state index contributed by atoms with van der Waals surface area (Å²) in [7, 11) is 0. The van der Waals surface area contributed by atoms with Gasteiger partial charge < -0.3 is 4.90 Å². The van der Waals surface area contributed by atoms with E-state index < -0.39 is 0 Å². The van der Waals surface area contributed by atoms with E-state index in [0.29, 0.717) is 4.83 Å². The van der Waals surface area contributed by atoms with E-state index in [0.717, 1.165) is 30.5 Å². The van der Waals surface area contributed by atoms with Crippen molar-refractivity contribution >= 4 is 21.7 Å². The molecule has 2 unspecified atom stereocenters. The first-order valence-corrected chi connectivity index (χ1v) is 6.30. The van der Waals surface area contributed by atoms with Gasteiger partial charge in [-0.05, 0) is 12.8 Å². The molecule has 1 fully saturated rings. The van der Waals surface area contributed by atoms with Crippen LogP contribution in [0.3, 0.4) is 0 Å². The van der Waals surface area contributed by atoms with Crippen molar-refractivity contribution in [1.82, 2.24) is 9.97 Å². The number of hydrogen-bond donors (Lipinski definition) is 0. The lowest BCUT2D eigenvalue weighted by atomic mass is 10.1. The molecule has 0 amide bonds. The Morgan fingerprint density at radius 3 is 2.73 bits per heavy atom. The van der Waals surface area contributed by atoms with E-state index >= 15 is 0 Å². The maximum absolute atomic E-state index is 4.41. The molecule has 0 saturated carbocycles. The topological polar surface area (TPSA) is 29.0 Å². The second kappa shape index (κ2) is 4.47. The van der Waals surface area contributed by atoms with Crippen molar-refractivity contribution < 1.29 is 0 Å². The lowest BCUT2D eigenvalue weighted by molar-refractivity contribution is 0.585. The van der Waals surface area contributed by atoms with E-state index in [9.17, 15) is 0 Å². The minimum absolute atomic E-state index is 0.587. The summed E-state index contributed by atoms with van der Waals surface area (Å²) in [6.07, 6.45) is 4.73. The van der Waals surface area contributed by atoms with Crippen LogP contribution >= 0.6 is 15.9 Å². The minimum Gasteiger partial charge on any atom is -0.354 e. The van der Waals surface area contributed by atoms with Crippen LogP contribution in [0, 0.1) is 12.8 Å². The van der Waals surface area contributed by atoms with Crippen molar-refractivity contribution in [3.63, 3.8) is 0 Å². The van der Waals surface area contributed by atoms with Gasteiger partial charge in [-0.25, -0.2) is 4.98 Å². The van der Waals surface area contributed by atoms with E-state index in [1.54, 1.807) is 12.4 Å². The zero-order chi connectivity index (χ0) is 10.8. The number of halogens is 1. The van der Waals surface area contributed by atoms with Crippen molar-refractivity contribution in [3.8, 4) is 0 Å². The Labute approximate surface area is 99.0 Å². The summed E-state index contributed by atoms with van der Waals surface area (Å²) in [4.78, 5) is 11.6. The Hall–Kier alpha value is -0.640. The highest BCUT2D eigenvalue weighted by Gasteiger charge is 2.30. The van der Waals surface area contributed by atoms with E-state index in [4.69, 9.17) is 0 Å². The SMILES string of the molecule is CCC1CN(c2nccnc2C)CC1Br. The van der Waals surface area contributed by atoms with Gasteiger partial charge in [-0.3, -0.25) is 4.98 Å². The predicted molar refractivity (Wildman–Crippen MR) is 65.5 cm³/mol. The number of aryl methyl sites for hydroxylation is 1. The molecule has 1 aromatic heterocycles. The molecule has 0 aromatic carbocycles. The summed E-state index contributed by atoms with van der Waals surface area (Å²) in [5.41, 5.74) is 1.02. The van der Waals surface area contributed by atoms with E-state index in [1.165, 1.54) is 6.42 Å². The molecule has 3 nitrogen and oxygen atoms in total. The zero-order valence-electron chi connectivity index (χ0n) is 9.15. The first-order valence-electron chi connectivity index (χ1n) is 5.39. The van der Waals surface area contributed by atoms with Gasteiger partial charge in [0.05, 0.1) is 5.69 Å². The van der Waals surface area contributed by atoms with Crippen LogP contribution in [-0.2, 0) is 0 Å². The van der Waals surface area contributed by atoms with E-state index in [2.05, 4.69) is 37.7 Å². The fraction of sp³-hybridized carbons (Fsp3) is 0.636. The van der Waals surface area contributed by atoms with Crippen LogP contribution in [0.2, 0.25) is 0 Å². The monoisotopic (exact) mass is 269 g/mol. The Morgan fingerprint density at radius 1 is 1.40 bits per heavy atom. The molecule has 1 aliphatic rings. The number of anilines is 1. The van der Waals surface area contributed by atoms with Crippen LogP contribution in [0.25, 0.3) is 0 Å². The van der Waals surface area contributed by atoms with Crippen molar-refractivity contribution in [2.75, 3.05) is 18.0 Å². The fourth-order valence-electron chi connectivity index (χ4n) is 2.10. The van der Waals surface area contributed by atoms with Crippen LogP contribution in [0.1, 0.15) is 19.0 Å². The van der Waals surface area contributed by atoms with Crippen molar-refractivity contribution in [1.29, 1.82) is 0 Å². The Kier molecular flexibility index (Phi) is 3.24. The first kappa shape index (κ1) is 10.9. The fourth-order valence-corrected chi connectivity index (χ4v) is 2.99. The molecule has 0 spiro atoms. The molecule has 1 aliphatic heterocycles. The smallest absolute Gasteiger partial charge is 0.150 e. The van der Waals surface area contributed by atoms with Gasteiger partial charge in [0.25, 0.3) is 0 Å². The minimum atomic E-state index is 0.587. The summed E-state index contributed by atoms with van der Waals surface area (Å²) < 4.78 is 0. The average Bonchev–Trinajstić information content (AvgIpc) is 2.60. The third-order valence-electron chi connectivity index (χ3n) is 3.04. The number of rotatable bonds is 2. The van der Waals surface area contributed by atoms with Gasteiger partial charge in [0.2, 0.25) is 0 Å². The largest absolute Gasteiger partial charge is 0.354 e. The number of alkyl halides is 1. The van der Waals surface area contributed by atoms with Gasteiger partial charge in [0, 0.05) is 30.3 Å². The zero-order valence-corrected chi connectivity index (χ0v) is 10.7. The van der Waals surface area contributed by atoms with Gasteiger partial charge >= 0.3 is 0 Å². The number of nitrogens with zero attached hydrogens (tertiary/aromatic N) is 3. The van der Waals surface area contributed by atoms with Gasteiger partial charge in [0.1, 0.15) is 5.82 Å². The molecule has 2 rings (SSSR count). The van der Waals surface area contributed by atoms with Crippen LogP contribution in [0.4, 0.5) is 5.82 Å². The lowest BCUT2D eigenvalue weighted by Gasteiger charge is -2.18. The normalized spacial score (nSPS) is 25.9. The average molecular weight is 270 g/mol. The molecule has 15 heavy (non-hydrogen) atoms. The van der Waals surface area contributed by atoms with E-state index in [1.807, 2.05) is 6.92 Å². The molecular weight excluding hydrogens is 254 g/mol. The summed E-state index contributed by atoms with van der Waals surface area (Å²) in [6.45, 7) is 6.39. The van der Waals surface area contributed by atoms with Crippen LogP contribution in [0.5, 0.6) is 0 Å². The summed E-state index contributed by atoms with van der Waals surface area (Å²) in [5.74, 6) is 1.77. The Morgan fingerprint density at radius 2 is 2.13 bits per heavy atom. The molecule has 2 atom stereocenters. The molecular formula is C11H16BrN3. The first-order chi connectivity index (χ1) is 7.22. The molecule has 82 valence electrons. The molecule has 2 heterocycles. The van der Waals surface area contributed by atoms with Gasteiger partial charge in [-0.15, -0.1) is 0 Å². The van der Waals surface area contributed by atoms with Gasteiger partial charge in [-0.1, -0.05) is 29.3 Å². The number of aromatic nitrogens is 2. The quantitative estimate of drug-likeness (QED) is 0.773. The predicted octanol–water partition coefficient (Wildman–Crippen LogP) is 2.39. The molecule has 0 N–H and O–H groups in total. The Balaban J connectivity index is 2.17. The molecule has 0 radical (unpaired) electrons. The standard InChI is InChI=1S/C11H16BrN3/c1-3-9-6-15(7-10(9)12)11-8(2)13-4-5-14-11/h4-5,9-10H,3,6-7H2,1-2H3.